The summed E-state index contributed by atoms with van der Waals surface area (Å²) in [7, 11) is 0. The predicted octanol–water partition coefficient (Wildman–Crippen LogP) is 3.94. The molecule has 0 aliphatic rings. The van der Waals surface area contributed by atoms with Gasteiger partial charge in [-0.3, -0.25) is 9.78 Å². The van der Waals surface area contributed by atoms with Gasteiger partial charge in [-0.2, -0.15) is 0 Å². The zero-order valence-corrected chi connectivity index (χ0v) is 13.4. The van der Waals surface area contributed by atoms with Crippen molar-refractivity contribution < 1.29 is 9.90 Å². The molecular formula is C20H18N2O2. The Labute approximate surface area is 140 Å². The maximum Gasteiger partial charge on any atom is 0.259 e. The molecule has 2 N–H and O–H groups in total. The van der Waals surface area contributed by atoms with Crippen LogP contribution in [0, 0.1) is 6.92 Å². The summed E-state index contributed by atoms with van der Waals surface area (Å²) >= 11 is 0. The lowest BCUT2D eigenvalue weighted by Gasteiger charge is -2.09. The molecule has 0 saturated heterocycles. The third-order valence-corrected chi connectivity index (χ3v) is 3.85. The molecule has 1 amide bonds. The summed E-state index contributed by atoms with van der Waals surface area (Å²) < 4.78 is 0. The molecule has 0 aliphatic heterocycles. The summed E-state index contributed by atoms with van der Waals surface area (Å²) in [4.78, 5) is 16.3. The van der Waals surface area contributed by atoms with Crippen LogP contribution < -0.4 is 5.32 Å². The van der Waals surface area contributed by atoms with Gasteiger partial charge in [0.1, 0.15) is 5.75 Å². The van der Waals surface area contributed by atoms with Gasteiger partial charge in [0, 0.05) is 18.1 Å². The van der Waals surface area contributed by atoms with E-state index < -0.39 is 0 Å². The third-order valence-electron chi connectivity index (χ3n) is 3.85. The van der Waals surface area contributed by atoms with Crippen molar-refractivity contribution in [1.29, 1.82) is 0 Å². The normalized spacial score (nSPS) is 10.4. The van der Waals surface area contributed by atoms with E-state index in [1.165, 1.54) is 5.56 Å². The largest absolute Gasteiger partial charge is 0.507 e. The maximum absolute atomic E-state index is 12.3. The Morgan fingerprint density at radius 1 is 1.00 bits per heavy atom. The molecule has 2 aromatic carbocycles. The number of nitrogens with one attached hydrogen (secondary N) is 1. The monoisotopic (exact) mass is 318 g/mol. The Bertz CT molecular complexity index is 843. The summed E-state index contributed by atoms with van der Waals surface area (Å²) in [5.41, 5.74) is 3.98. The van der Waals surface area contributed by atoms with E-state index in [2.05, 4.69) is 10.3 Å². The number of aromatic nitrogens is 1. The van der Waals surface area contributed by atoms with E-state index in [0.717, 1.165) is 12.0 Å². The maximum atomic E-state index is 12.3. The molecule has 0 spiro atoms. The topological polar surface area (TPSA) is 62.2 Å². The van der Waals surface area contributed by atoms with Gasteiger partial charge in [-0.1, -0.05) is 24.3 Å². The van der Waals surface area contributed by atoms with Crippen LogP contribution in [0.1, 0.15) is 27.0 Å². The lowest BCUT2D eigenvalue weighted by molar-refractivity contribution is 0.102. The number of pyridine rings is 1. The minimum absolute atomic E-state index is 0.0179. The molecule has 3 rings (SSSR count). The van der Waals surface area contributed by atoms with E-state index in [1.54, 1.807) is 37.5 Å². The second-order valence-corrected chi connectivity index (χ2v) is 5.65. The van der Waals surface area contributed by atoms with Gasteiger partial charge >= 0.3 is 0 Å². The Kier molecular flexibility index (Phi) is 4.57. The first-order valence-electron chi connectivity index (χ1n) is 7.71. The number of phenols is 1. The Hall–Kier alpha value is -3.14. The molecule has 3 aromatic rings. The smallest absolute Gasteiger partial charge is 0.259 e. The minimum atomic E-state index is -0.321. The van der Waals surface area contributed by atoms with Crippen LogP contribution in [-0.4, -0.2) is 16.0 Å². The molecule has 0 fully saturated rings. The Balaban J connectivity index is 1.70. The van der Waals surface area contributed by atoms with Gasteiger partial charge in [-0.25, -0.2) is 0 Å². The van der Waals surface area contributed by atoms with Gasteiger partial charge in [0.05, 0.1) is 5.56 Å². The molecule has 0 saturated carbocycles. The lowest BCUT2D eigenvalue weighted by atomic mass is 10.1. The van der Waals surface area contributed by atoms with Crippen LogP contribution in [0.2, 0.25) is 0 Å². The third kappa shape index (κ3) is 3.60. The molecule has 1 heterocycles. The highest BCUT2D eigenvalue weighted by molar-refractivity contribution is 6.06. The number of aryl methyl sites for hydroxylation is 1. The molecule has 0 radical (unpaired) electrons. The highest BCUT2D eigenvalue weighted by Crippen LogP contribution is 2.22. The molecule has 120 valence electrons. The van der Waals surface area contributed by atoms with Crippen molar-refractivity contribution in [3.8, 4) is 5.75 Å². The molecule has 0 atom stereocenters. The molecule has 4 nitrogen and oxygen atoms in total. The number of anilines is 1. The number of carbonyl (C=O) groups is 1. The van der Waals surface area contributed by atoms with Gasteiger partial charge in [0.15, 0.2) is 0 Å². The SMILES string of the molecule is Cc1cccc(C(=O)Nc2ccc(Cc3ccncc3)cc2)c1O. The minimum Gasteiger partial charge on any atom is -0.507 e. The Morgan fingerprint density at radius 3 is 2.38 bits per heavy atom. The van der Waals surface area contributed by atoms with E-state index in [0.29, 0.717) is 11.3 Å². The number of benzene rings is 2. The summed E-state index contributed by atoms with van der Waals surface area (Å²) in [5, 5.41) is 12.8. The fourth-order valence-electron chi connectivity index (χ4n) is 2.48. The molecular weight excluding hydrogens is 300 g/mol. The lowest BCUT2D eigenvalue weighted by Crippen LogP contribution is -2.12. The van der Waals surface area contributed by atoms with E-state index in [4.69, 9.17) is 0 Å². The number of para-hydroxylation sites is 1. The van der Waals surface area contributed by atoms with Crippen LogP contribution in [0.25, 0.3) is 0 Å². The van der Waals surface area contributed by atoms with Crippen molar-refractivity contribution in [2.45, 2.75) is 13.3 Å². The molecule has 0 bridgehead atoms. The zero-order valence-electron chi connectivity index (χ0n) is 13.4. The van der Waals surface area contributed by atoms with Crippen molar-refractivity contribution in [2.75, 3.05) is 5.32 Å². The summed E-state index contributed by atoms with van der Waals surface area (Å²) in [5.74, 6) is -0.303. The van der Waals surface area contributed by atoms with E-state index in [-0.39, 0.29) is 17.2 Å². The number of hydrogen-bond donors (Lipinski definition) is 2. The number of carbonyl (C=O) groups excluding carboxylic acids is 1. The molecule has 24 heavy (non-hydrogen) atoms. The standard InChI is InChI=1S/C20H18N2O2/c1-14-3-2-4-18(19(14)23)20(24)22-17-7-5-15(6-8-17)13-16-9-11-21-12-10-16/h2-12,23H,13H2,1H3,(H,22,24). The van der Waals surface area contributed by atoms with Crippen LogP contribution in [0.4, 0.5) is 5.69 Å². The highest BCUT2D eigenvalue weighted by atomic mass is 16.3. The van der Waals surface area contributed by atoms with E-state index >= 15 is 0 Å². The molecule has 1 aromatic heterocycles. The average Bonchev–Trinajstić information content (AvgIpc) is 2.60. The van der Waals surface area contributed by atoms with Crippen molar-refractivity contribution in [3.63, 3.8) is 0 Å². The molecule has 0 unspecified atom stereocenters. The second-order valence-electron chi connectivity index (χ2n) is 5.65. The van der Waals surface area contributed by atoms with Gasteiger partial charge in [-0.05, 0) is 60.4 Å². The van der Waals surface area contributed by atoms with Gasteiger partial charge in [0.25, 0.3) is 5.91 Å². The summed E-state index contributed by atoms with van der Waals surface area (Å²) in [6, 6.07) is 16.8. The number of nitrogens with zero attached hydrogens (tertiary/aromatic N) is 1. The first-order valence-corrected chi connectivity index (χ1v) is 7.71. The van der Waals surface area contributed by atoms with Crippen molar-refractivity contribution in [3.05, 3.63) is 89.2 Å². The molecule has 0 aliphatic carbocycles. The first-order chi connectivity index (χ1) is 11.6. The number of amides is 1. The number of phenolic OH excluding ortho intramolecular Hbond substituents is 1. The molecule has 4 heteroatoms. The average molecular weight is 318 g/mol. The zero-order chi connectivity index (χ0) is 16.9. The number of hydrogen-bond acceptors (Lipinski definition) is 3. The summed E-state index contributed by atoms with van der Waals surface area (Å²) in [6.07, 6.45) is 4.37. The van der Waals surface area contributed by atoms with Crippen LogP contribution >= 0.6 is 0 Å². The van der Waals surface area contributed by atoms with Gasteiger partial charge in [-0.15, -0.1) is 0 Å². The fourth-order valence-corrected chi connectivity index (χ4v) is 2.48. The van der Waals surface area contributed by atoms with Crippen molar-refractivity contribution in [1.82, 2.24) is 4.98 Å². The predicted molar refractivity (Wildman–Crippen MR) is 94.3 cm³/mol. The van der Waals surface area contributed by atoms with Crippen LogP contribution in [-0.2, 0) is 6.42 Å². The number of aromatic hydroxyl groups is 1. The first kappa shape index (κ1) is 15.7. The van der Waals surface area contributed by atoms with E-state index in [9.17, 15) is 9.90 Å². The van der Waals surface area contributed by atoms with Crippen LogP contribution in [0.5, 0.6) is 5.75 Å². The van der Waals surface area contributed by atoms with Gasteiger partial charge < -0.3 is 10.4 Å². The number of rotatable bonds is 4. The fraction of sp³-hybridized carbons (Fsp3) is 0.100. The second kappa shape index (κ2) is 6.96. The van der Waals surface area contributed by atoms with Crippen molar-refractivity contribution >= 4 is 11.6 Å². The van der Waals surface area contributed by atoms with Crippen molar-refractivity contribution in [2.24, 2.45) is 0 Å². The Morgan fingerprint density at radius 2 is 1.67 bits per heavy atom. The summed E-state index contributed by atoms with van der Waals surface area (Å²) in [6.45, 7) is 1.76. The highest BCUT2D eigenvalue weighted by Gasteiger charge is 2.12. The van der Waals surface area contributed by atoms with Gasteiger partial charge in [0.2, 0.25) is 0 Å². The quantitative estimate of drug-likeness (QED) is 0.766. The van der Waals surface area contributed by atoms with Crippen LogP contribution in [0.3, 0.4) is 0 Å². The van der Waals surface area contributed by atoms with E-state index in [1.807, 2.05) is 36.4 Å². The van der Waals surface area contributed by atoms with Crippen LogP contribution in [0.15, 0.2) is 67.0 Å².